The summed E-state index contributed by atoms with van der Waals surface area (Å²) < 4.78 is 27.1. The third kappa shape index (κ3) is 9.69. The average Bonchev–Trinajstić information content (AvgIpc) is 3.46. The fourth-order valence-corrected chi connectivity index (χ4v) is 4.57. The number of para-hydroxylation sites is 1. The number of nitriles is 1. The first-order valence-electron chi connectivity index (χ1n) is 14.5. The van der Waals surface area contributed by atoms with Crippen molar-refractivity contribution in [1.29, 1.82) is 5.26 Å². The zero-order valence-electron chi connectivity index (χ0n) is 25.7. The Balaban J connectivity index is 0.00000130. The lowest BCUT2D eigenvalue weighted by Gasteiger charge is -2.27. The number of rotatable bonds is 8. The van der Waals surface area contributed by atoms with Crippen molar-refractivity contribution >= 4 is 29.3 Å². The number of carbonyl (C=O) groups excluding carboxylic acids is 4. The van der Waals surface area contributed by atoms with Crippen LogP contribution >= 0.6 is 0 Å². The summed E-state index contributed by atoms with van der Waals surface area (Å²) in [5.41, 5.74) is 0.810. The zero-order chi connectivity index (χ0) is 33.1. The Morgan fingerprint density at radius 2 is 1.56 bits per heavy atom. The number of hydrogen-bond donors (Lipinski definition) is 2. The van der Waals surface area contributed by atoms with Crippen LogP contribution in [0.4, 0.5) is 14.5 Å². The largest absolute Gasteiger partial charge is 0.336 e. The predicted molar refractivity (Wildman–Crippen MR) is 165 cm³/mol. The van der Waals surface area contributed by atoms with Gasteiger partial charge in [-0.2, -0.15) is 5.26 Å². The van der Waals surface area contributed by atoms with Crippen molar-refractivity contribution in [1.82, 2.24) is 15.1 Å². The number of amides is 4. The zero-order valence-corrected chi connectivity index (χ0v) is 25.7. The quantitative estimate of drug-likeness (QED) is 0.371. The summed E-state index contributed by atoms with van der Waals surface area (Å²) in [6, 6.07) is 19.6. The van der Waals surface area contributed by atoms with Crippen LogP contribution < -0.4 is 10.6 Å². The number of anilines is 1. The minimum Gasteiger partial charge on any atom is -0.336 e. The van der Waals surface area contributed by atoms with Crippen LogP contribution in [0.1, 0.15) is 49.2 Å². The van der Waals surface area contributed by atoms with Crippen LogP contribution in [0.5, 0.6) is 0 Å². The standard InChI is InChI=1S/C30H27F2N5O4.C4H10/c1-36(18-26(38)37-17-21(14-23(37)16-33)29(40)34-22-10-6-3-7-11-22)30(41)27(19-8-4-2-5-9-19)35-28(39)20-12-13-24(31)25(32)15-20;1-4(2)3/h2-13,15,21,23,27H,14,17-18H2,1H3,(H,34,40)(H,35,39);4H,1-3H3. The molecule has 45 heavy (non-hydrogen) atoms. The maximum Gasteiger partial charge on any atom is 0.252 e. The highest BCUT2D eigenvalue weighted by Crippen LogP contribution is 2.25. The molecule has 1 aliphatic rings. The molecule has 2 N–H and O–H groups in total. The second-order valence-corrected chi connectivity index (χ2v) is 11.4. The normalized spacial score (nSPS) is 16.1. The van der Waals surface area contributed by atoms with Gasteiger partial charge in [0.2, 0.25) is 17.7 Å². The van der Waals surface area contributed by atoms with Crippen LogP contribution in [-0.4, -0.2) is 59.6 Å². The maximum absolute atomic E-state index is 13.7. The number of nitrogens with one attached hydrogen (secondary N) is 2. The molecule has 1 saturated heterocycles. The Bertz CT molecular complexity index is 1530. The van der Waals surface area contributed by atoms with Crippen molar-refractivity contribution in [2.45, 2.75) is 39.3 Å². The van der Waals surface area contributed by atoms with Crippen molar-refractivity contribution in [2.75, 3.05) is 25.5 Å². The van der Waals surface area contributed by atoms with Crippen LogP contribution in [0.15, 0.2) is 78.9 Å². The molecule has 3 aromatic rings. The molecule has 0 radical (unpaired) electrons. The molecule has 11 heteroatoms. The van der Waals surface area contributed by atoms with Crippen LogP contribution in [0.2, 0.25) is 0 Å². The van der Waals surface area contributed by atoms with Gasteiger partial charge in [-0.05, 0) is 48.2 Å². The Morgan fingerprint density at radius 1 is 0.956 bits per heavy atom. The second kappa shape index (κ2) is 16.1. The number of benzene rings is 3. The third-order valence-electron chi connectivity index (χ3n) is 6.77. The number of hydrogen-bond acceptors (Lipinski definition) is 5. The number of likely N-dealkylation sites (tertiary alicyclic amines) is 1. The maximum atomic E-state index is 13.7. The van der Waals surface area contributed by atoms with Gasteiger partial charge >= 0.3 is 0 Å². The third-order valence-corrected chi connectivity index (χ3v) is 6.77. The predicted octanol–water partition coefficient (Wildman–Crippen LogP) is 4.94. The van der Waals surface area contributed by atoms with Crippen molar-refractivity contribution in [2.24, 2.45) is 11.8 Å². The van der Waals surface area contributed by atoms with Crippen molar-refractivity contribution < 1.29 is 28.0 Å². The average molecular weight is 618 g/mol. The summed E-state index contributed by atoms with van der Waals surface area (Å²) in [6.45, 7) is 6.08. The van der Waals surface area contributed by atoms with Gasteiger partial charge in [-0.15, -0.1) is 0 Å². The molecule has 0 bridgehead atoms. The molecule has 4 amide bonds. The molecule has 9 nitrogen and oxygen atoms in total. The van der Waals surface area contributed by atoms with Crippen LogP contribution in [0.3, 0.4) is 0 Å². The van der Waals surface area contributed by atoms with E-state index < -0.39 is 53.9 Å². The van der Waals surface area contributed by atoms with Gasteiger partial charge in [-0.25, -0.2) is 8.78 Å². The topological polar surface area (TPSA) is 123 Å². The molecule has 3 unspecified atom stereocenters. The smallest absolute Gasteiger partial charge is 0.252 e. The lowest BCUT2D eigenvalue weighted by Crippen LogP contribution is -2.47. The fraction of sp³-hybridized carbons (Fsp3) is 0.324. The van der Waals surface area contributed by atoms with Crippen LogP contribution in [0, 0.1) is 34.8 Å². The van der Waals surface area contributed by atoms with Gasteiger partial charge in [0.25, 0.3) is 5.91 Å². The Labute approximate surface area is 261 Å². The molecule has 0 aliphatic carbocycles. The Kier molecular flexibility index (Phi) is 12.3. The SMILES string of the molecule is CC(C)C.CN(CC(=O)N1CC(C(=O)Nc2ccccc2)CC1C#N)C(=O)C(NC(=O)c1ccc(F)c(F)c1)c1ccccc1. The molecule has 1 aliphatic heterocycles. The van der Waals surface area contributed by atoms with E-state index in [0.29, 0.717) is 11.3 Å². The first-order chi connectivity index (χ1) is 21.4. The van der Waals surface area contributed by atoms with Gasteiger partial charge in [-0.3, -0.25) is 19.2 Å². The monoisotopic (exact) mass is 617 g/mol. The molecule has 0 aromatic heterocycles. The van der Waals surface area contributed by atoms with Crippen molar-refractivity contribution in [3.63, 3.8) is 0 Å². The van der Waals surface area contributed by atoms with Crippen LogP contribution in [-0.2, 0) is 14.4 Å². The Morgan fingerprint density at radius 3 is 2.13 bits per heavy atom. The molecule has 0 spiro atoms. The highest BCUT2D eigenvalue weighted by molar-refractivity contribution is 5.98. The minimum absolute atomic E-state index is 0.00668. The molecule has 0 saturated carbocycles. The first kappa shape index (κ1) is 34.4. The molecule has 4 rings (SSSR count). The van der Waals surface area contributed by atoms with E-state index in [1.165, 1.54) is 11.9 Å². The number of nitrogens with zero attached hydrogens (tertiary/aromatic N) is 3. The summed E-state index contributed by atoms with van der Waals surface area (Å²) >= 11 is 0. The van der Waals surface area contributed by atoms with Crippen molar-refractivity contribution in [3.05, 3.63) is 102 Å². The van der Waals surface area contributed by atoms with Gasteiger partial charge in [0, 0.05) is 24.8 Å². The molecule has 1 heterocycles. The lowest BCUT2D eigenvalue weighted by atomic mass is 10.0. The lowest BCUT2D eigenvalue weighted by molar-refractivity contribution is -0.140. The summed E-state index contributed by atoms with van der Waals surface area (Å²) in [5.74, 6) is -4.43. The van der Waals surface area contributed by atoms with E-state index in [9.17, 15) is 33.2 Å². The molecular formula is C34H37F2N5O4. The van der Waals surface area contributed by atoms with E-state index in [-0.39, 0.29) is 24.4 Å². The number of likely N-dealkylation sites (N-methyl/N-ethyl adjacent to an activating group) is 1. The molecule has 3 atom stereocenters. The highest BCUT2D eigenvalue weighted by atomic mass is 19.2. The molecule has 3 aromatic carbocycles. The van der Waals surface area contributed by atoms with Crippen molar-refractivity contribution in [3.8, 4) is 6.07 Å². The molecule has 1 fully saturated rings. The van der Waals surface area contributed by atoms with Gasteiger partial charge in [-0.1, -0.05) is 69.3 Å². The van der Waals surface area contributed by atoms with Crippen LogP contribution in [0.25, 0.3) is 0 Å². The number of carbonyl (C=O) groups is 4. The Hall–Kier alpha value is -5.11. The van der Waals surface area contributed by atoms with Gasteiger partial charge in [0.05, 0.1) is 18.5 Å². The summed E-state index contributed by atoms with van der Waals surface area (Å²) in [6.07, 6.45) is 0.148. The summed E-state index contributed by atoms with van der Waals surface area (Å²) in [5, 5.41) is 15.0. The van der Waals surface area contributed by atoms with E-state index in [0.717, 1.165) is 29.0 Å². The van der Waals surface area contributed by atoms with E-state index in [1.807, 2.05) is 6.07 Å². The van der Waals surface area contributed by atoms with E-state index in [4.69, 9.17) is 0 Å². The van der Waals surface area contributed by atoms with E-state index in [2.05, 4.69) is 37.5 Å². The van der Waals surface area contributed by atoms with Gasteiger partial charge < -0.3 is 20.4 Å². The van der Waals surface area contributed by atoms with E-state index in [1.54, 1.807) is 54.6 Å². The number of halogens is 2. The summed E-state index contributed by atoms with van der Waals surface area (Å²) in [7, 11) is 1.37. The molecular weight excluding hydrogens is 580 g/mol. The minimum atomic E-state index is -1.25. The van der Waals surface area contributed by atoms with E-state index >= 15 is 0 Å². The van der Waals surface area contributed by atoms with Gasteiger partial charge in [0.15, 0.2) is 11.6 Å². The second-order valence-electron chi connectivity index (χ2n) is 11.4. The molecule has 236 valence electrons. The highest BCUT2D eigenvalue weighted by Gasteiger charge is 2.39. The fourth-order valence-electron chi connectivity index (χ4n) is 4.57. The van der Waals surface area contributed by atoms with Gasteiger partial charge in [0.1, 0.15) is 12.1 Å². The first-order valence-corrected chi connectivity index (χ1v) is 14.5. The summed E-state index contributed by atoms with van der Waals surface area (Å²) in [4.78, 5) is 54.7.